The summed E-state index contributed by atoms with van der Waals surface area (Å²) in [6.45, 7) is 0.00260. The number of aromatic nitrogens is 1. The summed E-state index contributed by atoms with van der Waals surface area (Å²) in [6, 6.07) is 8.63. The van der Waals surface area contributed by atoms with E-state index in [1.165, 1.54) is 6.20 Å². The Balaban J connectivity index is 2.01. The van der Waals surface area contributed by atoms with Crippen LogP contribution >= 0.6 is 0 Å². The predicted octanol–water partition coefficient (Wildman–Crippen LogP) is 1.21. The number of nitrogens with two attached hydrogens (primary N) is 1. The van der Waals surface area contributed by atoms with Crippen molar-refractivity contribution in [1.82, 2.24) is 15.6 Å². The lowest BCUT2D eigenvalue weighted by atomic mass is 10.1. The van der Waals surface area contributed by atoms with Gasteiger partial charge in [0.1, 0.15) is 5.84 Å². The smallest absolute Gasteiger partial charge is 0.319 e. The third-order valence-corrected chi connectivity index (χ3v) is 3.90. The number of urea groups is 1. The average molecular weight is 398 g/mol. The van der Waals surface area contributed by atoms with Crippen LogP contribution in [-0.4, -0.2) is 40.4 Å². The van der Waals surface area contributed by atoms with Gasteiger partial charge in [-0.3, -0.25) is 20.0 Å². The number of benzene rings is 1. The molecule has 0 aliphatic carbocycles. The molecule has 10 heteroatoms. The highest BCUT2D eigenvalue weighted by Crippen LogP contribution is 2.16. The van der Waals surface area contributed by atoms with Crippen LogP contribution in [0.3, 0.4) is 0 Å². The molecule has 0 bridgehead atoms. The SMILES string of the molecule is N=C(N)c1ccc(NC(=O)N[C@@H](CC(=O)NCCC(=O)O)c2cccnc2)cc1. The zero-order valence-corrected chi connectivity index (χ0v) is 15.5. The molecular weight excluding hydrogens is 376 g/mol. The van der Waals surface area contributed by atoms with Gasteiger partial charge in [-0.15, -0.1) is 0 Å². The lowest BCUT2D eigenvalue weighted by molar-refractivity contribution is -0.136. The first kappa shape index (κ1) is 21.4. The van der Waals surface area contributed by atoms with Crippen LogP contribution in [0, 0.1) is 5.41 Å². The number of hydrogen-bond donors (Lipinski definition) is 6. The van der Waals surface area contributed by atoms with Crippen molar-refractivity contribution in [2.24, 2.45) is 5.73 Å². The molecule has 1 atom stereocenters. The van der Waals surface area contributed by atoms with Crippen LogP contribution in [0.15, 0.2) is 48.8 Å². The number of carbonyl (C=O) groups excluding carboxylic acids is 2. The van der Waals surface area contributed by atoms with E-state index in [9.17, 15) is 14.4 Å². The first-order valence-corrected chi connectivity index (χ1v) is 8.75. The number of rotatable bonds is 9. The van der Waals surface area contributed by atoms with Gasteiger partial charge in [0.05, 0.1) is 18.9 Å². The van der Waals surface area contributed by atoms with Gasteiger partial charge in [-0.05, 0) is 35.9 Å². The van der Waals surface area contributed by atoms with Gasteiger partial charge in [0.25, 0.3) is 0 Å². The molecule has 0 saturated carbocycles. The van der Waals surface area contributed by atoms with Crippen molar-refractivity contribution in [1.29, 1.82) is 5.41 Å². The minimum Gasteiger partial charge on any atom is -0.481 e. The number of amidine groups is 1. The van der Waals surface area contributed by atoms with Crippen molar-refractivity contribution in [2.45, 2.75) is 18.9 Å². The number of amides is 3. The molecule has 0 aliphatic rings. The van der Waals surface area contributed by atoms with Gasteiger partial charge in [0.15, 0.2) is 0 Å². The molecule has 10 nitrogen and oxygen atoms in total. The van der Waals surface area contributed by atoms with Crippen LogP contribution < -0.4 is 21.7 Å². The molecule has 29 heavy (non-hydrogen) atoms. The number of nitrogens with one attached hydrogen (secondary N) is 4. The molecule has 1 heterocycles. The first-order valence-electron chi connectivity index (χ1n) is 8.75. The van der Waals surface area contributed by atoms with Crippen molar-refractivity contribution in [3.05, 3.63) is 59.9 Å². The van der Waals surface area contributed by atoms with E-state index in [4.69, 9.17) is 16.2 Å². The van der Waals surface area contributed by atoms with Gasteiger partial charge in [0, 0.05) is 30.2 Å². The first-order chi connectivity index (χ1) is 13.8. The Kier molecular flexibility index (Phi) is 7.66. The van der Waals surface area contributed by atoms with E-state index >= 15 is 0 Å². The highest BCUT2D eigenvalue weighted by molar-refractivity contribution is 5.96. The number of hydrogen-bond acceptors (Lipinski definition) is 5. The Hall–Kier alpha value is -3.95. The molecule has 1 aromatic carbocycles. The summed E-state index contributed by atoms with van der Waals surface area (Å²) in [6.07, 6.45) is 2.84. The molecule has 0 fully saturated rings. The molecule has 0 radical (unpaired) electrons. The molecule has 0 aliphatic heterocycles. The van der Waals surface area contributed by atoms with E-state index in [2.05, 4.69) is 20.9 Å². The largest absolute Gasteiger partial charge is 0.481 e. The number of nitrogens with zero attached hydrogens (tertiary/aromatic N) is 1. The maximum Gasteiger partial charge on any atom is 0.319 e. The van der Waals surface area contributed by atoms with Gasteiger partial charge in [-0.1, -0.05) is 6.07 Å². The number of nitrogen functional groups attached to an aromatic ring is 1. The Labute approximate surface area is 167 Å². The number of pyridine rings is 1. The second kappa shape index (κ2) is 10.4. The summed E-state index contributed by atoms with van der Waals surface area (Å²) in [5, 5.41) is 23.9. The number of aliphatic carboxylic acids is 1. The number of carbonyl (C=O) groups is 3. The van der Waals surface area contributed by atoms with Crippen molar-refractivity contribution in [2.75, 3.05) is 11.9 Å². The van der Waals surface area contributed by atoms with Gasteiger partial charge < -0.3 is 26.8 Å². The number of carboxylic acid groups (broad SMARTS) is 1. The van der Waals surface area contributed by atoms with E-state index < -0.39 is 23.9 Å². The van der Waals surface area contributed by atoms with Gasteiger partial charge in [-0.25, -0.2) is 4.79 Å². The molecule has 2 aromatic rings. The van der Waals surface area contributed by atoms with Crippen LogP contribution in [0.4, 0.5) is 10.5 Å². The minimum absolute atomic E-state index is 0.00260. The van der Waals surface area contributed by atoms with Crippen LogP contribution in [0.5, 0.6) is 0 Å². The summed E-state index contributed by atoms with van der Waals surface area (Å²) < 4.78 is 0. The van der Waals surface area contributed by atoms with Gasteiger partial charge in [-0.2, -0.15) is 0 Å². The zero-order valence-electron chi connectivity index (χ0n) is 15.5. The van der Waals surface area contributed by atoms with Crippen LogP contribution in [0.1, 0.15) is 30.0 Å². The maximum atomic E-state index is 12.4. The standard InChI is InChI=1S/C19H22N6O4/c20-18(21)12-3-5-14(6-4-12)24-19(29)25-15(13-2-1-8-22-11-13)10-16(26)23-9-7-17(27)28/h1-6,8,11,15H,7,9-10H2,(H3,20,21)(H,23,26)(H,27,28)(H2,24,25,29)/t15-/m0/s1. The highest BCUT2D eigenvalue weighted by atomic mass is 16.4. The normalized spacial score (nSPS) is 11.2. The third-order valence-electron chi connectivity index (χ3n) is 3.90. The quantitative estimate of drug-likeness (QED) is 0.274. The second-order valence-electron chi connectivity index (χ2n) is 6.13. The Bertz CT molecular complexity index is 870. The van der Waals surface area contributed by atoms with E-state index in [-0.39, 0.29) is 25.2 Å². The highest BCUT2D eigenvalue weighted by Gasteiger charge is 2.19. The molecular formula is C19H22N6O4. The molecule has 0 saturated heterocycles. The second-order valence-corrected chi connectivity index (χ2v) is 6.13. The number of anilines is 1. The summed E-state index contributed by atoms with van der Waals surface area (Å²) >= 11 is 0. The predicted molar refractivity (Wildman–Crippen MR) is 106 cm³/mol. The molecule has 2 rings (SSSR count). The average Bonchev–Trinajstić information content (AvgIpc) is 2.68. The fraction of sp³-hybridized carbons (Fsp3) is 0.211. The molecule has 152 valence electrons. The lowest BCUT2D eigenvalue weighted by Crippen LogP contribution is -2.36. The Morgan fingerprint density at radius 2 is 1.90 bits per heavy atom. The van der Waals surface area contributed by atoms with Crippen molar-refractivity contribution in [3.63, 3.8) is 0 Å². The van der Waals surface area contributed by atoms with E-state index in [1.807, 2.05) is 0 Å². The number of carboxylic acids is 1. The molecule has 3 amide bonds. The third kappa shape index (κ3) is 7.29. The van der Waals surface area contributed by atoms with E-state index in [0.29, 0.717) is 16.8 Å². The molecule has 7 N–H and O–H groups in total. The summed E-state index contributed by atoms with van der Waals surface area (Å²) in [5.74, 6) is -1.49. The zero-order chi connectivity index (χ0) is 21.2. The van der Waals surface area contributed by atoms with Crippen molar-refractivity contribution >= 4 is 29.4 Å². The fourth-order valence-corrected chi connectivity index (χ4v) is 2.46. The van der Waals surface area contributed by atoms with Crippen LogP contribution in [0.25, 0.3) is 0 Å². The summed E-state index contributed by atoms with van der Waals surface area (Å²) in [4.78, 5) is 39.1. The summed E-state index contributed by atoms with van der Waals surface area (Å²) in [5.41, 5.74) is 7.05. The van der Waals surface area contributed by atoms with Gasteiger partial charge in [0.2, 0.25) is 5.91 Å². The monoisotopic (exact) mass is 398 g/mol. The van der Waals surface area contributed by atoms with Gasteiger partial charge >= 0.3 is 12.0 Å². The van der Waals surface area contributed by atoms with Crippen LogP contribution in [-0.2, 0) is 9.59 Å². The molecule has 0 unspecified atom stereocenters. The molecule has 0 spiro atoms. The lowest BCUT2D eigenvalue weighted by Gasteiger charge is -2.19. The summed E-state index contributed by atoms with van der Waals surface area (Å²) in [7, 11) is 0. The van der Waals surface area contributed by atoms with E-state index in [0.717, 1.165) is 0 Å². The minimum atomic E-state index is -1.01. The van der Waals surface area contributed by atoms with Crippen molar-refractivity contribution < 1.29 is 19.5 Å². The van der Waals surface area contributed by atoms with Crippen molar-refractivity contribution in [3.8, 4) is 0 Å². The fourth-order valence-electron chi connectivity index (χ4n) is 2.46. The van der Waals surface area contributed by atoms with Crippen LogP contribution in [0.2, 0.25) is 0 Å². The topological polar surface area (TPSA) is 170 Å². The van der Waals surface area contributed by atoms with E-state index in [1.54, 1.807) is 42.6 Å². The Morgan fingerprint density at radius 1 is 1.17 bits per heavy atom. The Morgan fingerprint density at radius 3 is 2.48 bits per heavy atom. The molecule has 1 aromatic heterocycles. The maximum absolute atomic E-state index is 12.4.